The smallest absolute Gasteiger partial charge is 0.329 e. The molecule has 2 aromatic heterocycles. The lowest BCUT2D eigenvalue weighted by atomic mass is 10.0. The number of thiophene rings is 1. The highest BCUT2D eigenvalue weighted by molar-refractivity contribution is 7.19. The first-order chi connectivity index (χ1) is 12.7. The van der Waals surface area contributed by atoms with Crippen LogP contribution in [0.1, 0.15) is 24.1 Å². The quantitative estimate of drug-likeness (QED) is 0.619. The number of piperidine rings is 1. The van der Waals surface area contributed by atoms with Crippen LogP contribution in [0.4, 0.5) is 5.95 Å². The van der Waals surface area contributed by atoms with Gasteiger partial charge in [0.05, 0.1) is 9.90 Å². The van der Waals surface area contributed by atoms with Crippen LogP contribution in [0.2, 0.25) is 5.02 Å². The molecule has 4 rings (SSSR count). The first kappa shape index (κ1) is 17.2. The molecule has 1 fully saturated rings. The molecule has 26 heavy (non-hydrogen) atoms. The van der Waals surface area contributed by atoms with Crippen LogP contribution < -0.4 is 4.90 Å². The number of hydrogen-bond donors (Lipinski definition) is 0. The molecule has 0 radical (unpaired) electrons. The van der Waals surface area contributed by atoms with E-state index in [2.05, 4.69) is 9.97 Å². The van der Waals surface area contributed by atoms with Crippen molar-refractivity contribution in [2.45, 2.75) is 31.9 Å². The zero-order chi connectivity index (χ0) is 17.9. The molecule has 1 saturated heterocycles. The second-order valence-corrected chi connectivity index (χ2v) is 7.71. The number of benzene rings is 1. The van der Waals surface area contributed by atoms with Gasteiger partial charge < -0.3 is 9.64 Å². The highest BCUT2D eigenvalue weighted by atomic mass is 35.5. The summed E-state index contributed by atoms with van der Waals surface area (Å²) < 4.78 is 6.72. The lowest BCUT2D eigenvalue weighted by Gasteiger charge is -2.33. The third-order valence-corrected chi connectivity index (χ3v) is 6.22. The molecular formula is C19H18ClN3O2S. The molecule has 0 saturated carbocycles. The van der Waals surface area contributed by atoms with Crippen molar-refractivity contribution < 1.29 is 9.53 Å². The van der Waals surface area contributed by atoms with E-state index in [0.717, 1.165) is 40.8 Å². The molecule has 0 bridgehead atoms. The summed E-state index contributed by atoms with van der Waals surface area (Å²) in [5.74, 6) is 0.333. The maximum Gasteiger partial charge on any atom is 0.329 e. The van der Waals surface area contributed by atoms with E-state index in [0.29, 0.717) is 11.0 Å². The molecule has 3 aromatic rings. The summed E-state index contributed by atoms with van der Waals surface area (Å²) in [6.07, 6.45) is 6.14. The Morgan fingerprint density at radius 3 is 2.85 bits per heavy atom. The first-order valence-electron chi connectivity index (χ1n) is 8.60. The van der Waals surface area contributed by atoms with Gasteiger partial charge in [-0.2, -0.15) is 0 Å². The third-order valence-electron chi connectivity index (χ3n) is 4.53. The molecule has 134 valence electrons. The van der Waals surface area contributed by atoms with Crippen LogP contribution in [-0.4, -0.2) is 28.5 Å². The van der Waals surface area contributed by atoms with Gasteiger partial charge in [0.1, 0.15) is 12.6 Å². The van der Waals surface area contributed by atoms with E-state index in [-0.39, 0.29) is 18.6 Å². The van der Waals surface area contributed by atoms with Gasteiger partial charge in [0.25, 0.3) is 0 Å². The molecule has 0 aliphatic carbocycles. The van der Waals surface area contributed by atoms with Crippen LogP contribution in [0.25, 0.3) is 10.1 Å². The van der Waals surface area contributed by atoms with Gasteiger partial charge >= 0.3 is 5.97 Å². The van der Waals surface area contributed by atoms with Crippen molar-refractivity contribution in [2.24, 2.45) is 0 Å². The predicted octanol–water partition coefficient (Wildman–Crippen LogP) is 4.45. The number of carbonyl (C=O) groups is 1. The van der Waals surface area contributed by atoms with Crippen molar-refractivity contribution in [1.82, 2.24) is 9.97 Å². The van der Waals surface area contributed by atoms with Crippen molar-refractivity contribution in [1.29, 1.82) is 0 Å². The van der Waals surface area contributed by atoms with Crippen molar-refractivity contribution >= 4 is 44.9 Å². The van der Waals surface area contributed by atoms with Crippen LogP contribution >= 0.6 is 22.9 Å². The summed E-state index contributed by atoms with van der Waals surface area (Å²) in [5.41, 5.74) is 0. The van der Waals surface area contributed by atoms with E-state index in [1.54, 1.807) is 29.8 Å². The van der Waals surface area contributed by atoms with Gasteiger partial charge in [-0.25, -0.2) is 14.8 Å². The molecule has 3 heterocycles. The Labute approximate surface area is 160 Å². The second kappa shape index (κ2) is 7.60. The number of nitrogens with zero attached hydrogens (tertiary/aromatic N) is 3. The molecule has 5 nitrogen and oxygen atoms in total. The molecular weight excluding hydrogens is 370 g/mol. The number of esters is 1. The van der Waals surface area contributed by atoms with E-state index in [9.17, 15) is 4.79 Å². The Kier molecular flexibility index (Phi) is 5.04. The maximum atomic E-state index is 12.7. The zero-order valence-corrected chi connectivity index (χ0v) is 15.7. The van der Waals surface area contributed by atoms with E-state index < -0.39 is 0 Å². The summed E-state index contributed by atoms with van der Waals surface area (Å²) in [4.78, 5) is 24.1. The van der Waals surface area contributed by atoms with Gasteiger partial charge in [0.15, 0.2) is 0 Å². The Hall–Kier alpha value is -2.18. The minimum atomic E-state index is -0.348. The number of carbonyl (C=O) groups excluding carboxylic acids is 1. The van der Waals surface area contributed by atoms with E-state index in [1.807, 2.05) is 29.2 Å². The first-order valence-corrected chi connectivity index (χ1v) is 9.79. The summed E-state index contributed by atoms with van der Waals surface area (Å²) in [7, 11) is 0. The van der Waals surface area contributed by atoms with Gasteiger partial charge in [-0.1, -0.05) is 29.8 Å². The topological polar surface area (TPSA) is 55.3 Å². The summed E-state index contributed by atoms with van der Waals surface area (Å²) in [6.45, 7) is 0.949. The zero-order valence-electron chi connectivity index (χ0n) is 14.1. The van der Waals surface area contributed by atoms with Crippen LogP contribution in [0.3, 0.4) is 0 Å². The maximum absolute atomic E-state index is 12.7. The number of halogens is 1. The number of aromatic nitrogens is 2. The van der Waals surface area contributed by atoms with E-state index >= 15 is 0 Å². The largest absolute Gasteiger partial charge is 0.458 e. The number of hydrogen-bond acceptors (Lipinski definition) is 6. The summed E-state index contributed by atoms with van der Waals surface area (Å²) in [6, 6.07) is 9.35. The van der Waals surface area contributed by atoms with Gasteiger partial charge in [-0.3, -0.25) is 0 Å². The number of fused-ring (bicyclic) bond motifs is 1. The fourth-order valence-corrected chi connectivity index (χ4v) is 4.65. The molecule has 0 unspecified atom stereocenters. The highest BCUT2D eigenvalue weighted by Crippen LogP contribution is 2.35. The Morgan fingerprint density at radius 2 is 2.04 bits per heavy atom. The standard InChI is InChI=1S/C19H18ClN3O2S/c20-17-13-6-1-2-8-15(13)26-16(17)12-25-18(24)14-7-3-4-11-23(14)19-21-9-5-10-22-19/h1-2,5-6,8-10,14H,3-4,7,11-12H2/t14-/m0/s1. The number of ether oxygens (including phenoxy) is 1. The van der Waals surface area contributed by atoms with Crippen LogP contribution in [-0.2, 0) is 16.1 Å². The van der Waals surface area contributed by atoms with Crippen molar-refractivity contribution in [3.05, 3.63) is 52.6 Å². The molecule has 0 spiro atoms. The third kappa shape index (κ3) is 3.39. The molecule has 1 aliphatic heterocycles. The van der Waals surface area contributed by atoms with Crippen LogP contribution in [0, 0.1) is 0 Å². The van der Waals surface area contributed by atoms with Gasteiger partial charge in [0.2, 0.25) is 5.95 Å². The number of rotatable bonds is 4. The van der Waals surface area contributed by atoms with Gasteiger partial charge in [0, 0.05) is 29.0 Å². The van der Waals surface area contributed by atoms with Crippen LogP contribution in [0.15, 0.2) is 42.7 Å². The van der Waals surface area contributed by atoms with Crippen LogP contribution in [0.5, 0.6) is 0 Å². The fraction of sp³-hybridized carbons (Fsp3) is 0.316. The van der Waals surface area contributed by atoms with Gasteiger partial charge in [-0.15, -0.1) is 11.3 Å². The Bertz CT molecular complexity index is 916. The number of anilines is 1. The van der Waals surface area contributed by atoms with E-state index in [4.69, 9.17) is 16.3 Å². The normalized spacial score (nSPS) is 17.4. The van der Waals surface area contributed by atoms with E-state index in [1.165, 1.54) is 0 Å². The minimum absolute atomic E-state index is 0.191. The molecule has 0 amide bonds. The molecule has 1 aromatic carbocycles. The predicted molar refractivity (Wildman–Crippen MR) is 104 cm³/mol. The lowest BCUT2D eigenvalue weighted by Crippen LogP contribution is -2.46. The Balaban J connectivity index is 1.48. The van der Waals surface area contributed by atoms with Crippen molar-refractivity contribution in [2.75, 3.05) is 11.4 Å². The SMILES string of the molecule is O=C(OCc1sc2ccccc2c1Cl)[C@@H]1CCCCN1c1ncccn1. The highest BCUT2D eigenvalue weighted by Gasteiger charge is 2.31. The average Bonchev–Trinajstić information content (AvgIpc) is 3.03. The molecule has 0 N–H and O–H groups in total. The van der Waals surface area contributed by atoms with Crippen molar-refractivity contribution in [3.63, 3.8) is 0 Å². The Morgan fingerprint density at radius 1 is 1.23 bits per heavy atom. The van der Waals surface area contributed by atoms with Crippen molar-refractivity contribution in [3.8, 4) is 0 Å². The van der Waals surface area contributed by atoms with Gasteiger partial charge in [-0.05, 0) is 31.4 Å². The summed E-state index contributed by atoms with van der Waals surface area (Å²) in [5, 5.41) is 1.67. The fourth-order valence-electron chi connectivity index (χ4n) is 3.25. The lowest BCUT2D eigenvalue weighted by molar-refractivity contribution is -0.147. The monoisotopic (exact) mass is 387 g/mol. The molecule has 7 heteroatoms. The molecule has 1 atom stereocenters. The average molecular weight is 388 g/mol. The minimum Gasteiger partial charge on any atom is -0.458 e. The summed E-state index contributed by atoms with van der Waals surface area (Å²) >= 11 is 8.00. The molecule has 1 aliphatic rings. The second-order valence-electron chi connectivity index (χ2n) is 6.20.